The first-order chi connectivity index (χ1) is 8.66. The van der Waals surface area contributed by atoms with Crippen molar-refractivity contribution in [1.82, 2.24) is 10.2 Å². The molecule has 0 aromatic carbocycles. The summed E-state index contributed by atoms with van der Waals surface area (Å²) < 4.78 is 0. The van der Waals surface area contributed by atoms with Crippen molar-refractivity contribution in [3.8, 4) is 0 Å². The van der Waals surface area contributed by atoms with E-state index >= 15 is 0 Å². The number of hydrogen-bond donors (Lipinski definition) is 4. The van der Waals surface area contributed by atoms with E-state index in [-0.39, 0.29) is 6.04 Å². The second-order valence-corrected chi connectivity index (χ2v) is 5.77. The molecule has 0 amide bonds. The third-order valence-corrected chi connectivity index (χ3v) is 4.38. The predicted octanol–water partition coefficient (Wildman–Crippen LogP) is -0.749. The van der Waals surface area contributed by atoms with E-state index in [4.69, 9.17) is 15.8 Å². The van der Waals surface area contributed by atoms with Crippen molar-refractivity contribution in [2.24, 2.45) is 11.7 Å². The number of rotatable bonds is 5. The maximum Gasteiger partial charge on any atom is 0.451 e. The van der Waals surface area contributed by atoms with Gasteiger partial charge in [0.15, 0.2) is 0 Å². The molecule has 2 saturated heterocycles. The Labute approximate surface area is 110 Å². The van der Waals surface area contributed by atoms with E-state index in [0.29, 0.717) is 18.3 Å². The second-order valence-electron chi connectivity index (χ2n) is 5.77. The Morgan fingerprint density at radius 1 is 1.22 bits per heavy atom. The first-order valence-electron chi connectivity index (χ1n) is 7.23. The molecule has 2 rings (SSSR count). The van der Waals surface area contributed by atoms with Crippen LogP contribution in [0.2, 0.25) is 6.32 Å². The van der Waals surface area contributed by atoms with E-state index in [1.807, 2.05) is 0 Å². The van der Waals surface area contributed by atoms with Gasteiger partial charge in [0.25, 0.3) is 0 Å². The number of nitrogens with one attached hydrogen (secondary N) is 1. The minimum atomic E-state index is -1.16. The van der Waals surface area contributed by atoms with E-state index in [0.717, 1.165) is 39.0 Å². The van der Waals surface area contributed by atoms with Gasteiger partial charge in [0, 0.05) is 25.2 Å². The van der Waals surface area contributed by atoms with E-state index in [9.17, 15) is 0 Å². The molecule has 5 nitrogen and oxygen atoms in total. The molecule has 0 bridgehead atoms. The lowest BCUT2D eigenvalue weighted by Crippen LogP contribution is -2.42. The van der Waals surface area contributed by atoms with Crippen LogP contribution < -0.4 is 11.1 Å². The van der Waals surface area contributed by atoms with Gasteiger partial charge in [-0.1, -0.05) is 6.42 Å². The van der Waals surface area contributed by atoms with Crippen LogP contribution in [-0.4, -0.2) is 60.3 Å². The van der Waals surface area contributed by atoms with Gasteiger partial charge in [-0.25, -0.2) is 0 Å². The first kappa shape index (κ1) is 14.3. The summed E-state index contributed by atoms with van der Waals surface area (Å²) in [7, 11) is -1.16. The van der Waals surface area contributed by atoms with Crippen LogP contribution in [0.5, 0.6) is 0 Å². The maximum absolute atomic E-state index is 8.85. The van der Waals surface area contributed by atoms with E-state index in [2.05, 4.69) is 10.2 Å². The van der Waals surface area contributed by atoms with Gasteiger partial charge in [-0.15, -0.1) is 0 Å². The second kappa shape index (κ2) is 6.87. The van der Waals surface area contributed by atoms with Gasteiger partial charge in [0.05, 0.1) is 0 Å². The maximum atomic E-state index is 8.85. The summed E-state index contributed by atoms with van der Waals surface area (Å²) in [5.74, 6) is 0.527. The Morgan fingerprint density at radius 3 is 2.61 bits per heavy atom. The van der Waals surface area contributed by atoms with Crippen molar-refractivity contribution in [1.29, 1.82) is 0 Å². The highest BCUT2D eigenvalue weighted by molar-refractivity contribution is 6.40. The molecule has 0 unspecified atom stereocenters. The molecule has 2 fully saturated rings. The normalized spacial score (nSPS) is 30.8. The molecule has 0 radical (unpaired) electrons. The Balaban J connectivity index is 1.73. The zero-order valence-corrected chi connectivity index (χ0v) is 11.1. The van der Waals surface area contributed by atoms with E-state index in [1.165, 1.54) is 12.8 Å². The number of likely N-dealkylation sites (tertiary alicyclic amines) is 1. The molecule has 0 saturated carbocycles. The fraction of sp³-hybridized carbons (Fsp3) is 1.00. The van der Waals surface area contributed by atoms with Crippen LogP contribution in [0.25, 0.3) is 0 Å². The first-order valence-corrected chi connectivity index (χ1v) is 7.23. The van der Waals surface area contributed by atoms with Gasteiger partial charge < -0.3 is 21.1 Å². The minimum absolute atomic E-state index is 0.260. The van der Waals surface area contributed by atoms with Crippen LogP contribution >= 0.6 is 0 Å². The SMILES string of the molecule is N[C@H]1CN(C2CCNCC2)C[C@@H]1CCCB(O)O. The molecule has 2 aliphatic heterocycles. The van der Waals surface area contributed by atoms with Crippen molar-refractivity contribution in [2.75, 3.05) is 26.2 Å². The van der Waals surface area contributed by atoms with Crippen LogP contribution in [0, 0.1) is 5.92 Å². The van der Waals surface area contributed by atoms with Gasteiger partial charge in [-0.3, -0.25) is 4.90 Å². The molecule has 0 aromatic heterocycles. The molecule has 6 heteroatoms. The summed E-state index contributed by atoms with van der Waals surface area (Å²) in [6.07, 6.45) is 4.80. The molecule has 2 heterocycles. The topological polar surface area (TPSA) is 81.8 Å². The lowest BCUT2D eigenvalue weighted by molar-refractivity contribution is 0.190. The summed E-state index contributed by atoms with van der Waals surface area (Å²) in [5, 5.41) is 21.1. The molecule has 18 heavy (non-hydrogen) atoms. The summed E-state index contributed by atoms with van der Waals surface area (Å²) in [4.78, 5) is 2.55. The Hall–Kier alpha value is -0.135. The van der Waals surface area contributed by atoms with Crippen molar-refractivity contribution in [2.45, 2.75) is 44.1 Å². The summed E-state index contributed by atoms with van der Waals surface area (Å²) in [6.45, 7) is 4.35. The summed E-state index contributed by atoms with van der Waals surface area (Å²) in [5.41, 5.74) is 6.21. The highest BCUT2D eigenvalue weighted by Crippen LogP contribution is 2.25. The van der Waals surface area contributed by atoms with Gasteiger partial charge in [0.1, 0.15) is 0 Å². The quantitative estimate of drug-likeness (QED) is 0.486. The van der Waals surface area contributed by atoms with Gasteiger partial charge in [0.2, 0.25) is 0 Å². The molecule has 5 N–H and O–H groups in total. The van der Waals surface area contributed by atoms with Crippen LogP contribution in [0.3, 0.4) is 0 Å². The fourth-order valence-electron chi connectivity index (χ4n) is 3.27. The molecule has 0 aliphatic carbocycles. The van der Waals surface area contributed by atoms with E-state index in [1.54, 1.807) is 0 Å². The lowest BCUT2D eigenvalue weighted by atomic mass is 9.82. The number of nitrogens with two attached hydrogens (primary N) is 1. The average Bonchev–Trinajstić information content (AvgIpc) is 2.72. The molecular formula is C12H26BN3O2. The van der Waals surface area contributed by atoms with Gasteiger partial charge in [-0.2, -0.15) is 0 Å². The number of piperidine rings is 1. The molecular weight excluding hydrogens is 229 g/mol. The van der Waals surface area contributed by atoms with Crippen molar-refractivity contribution in [3.05, 3.63) is 0 Å². The highest BCUT2D eigenvalue weighted by atomic mass is 16.4. The standard InChI is InChI=1S/C12H26BN3O2/c14-12-9-16(11-3-6-15-7-4-11)8-10(12)2-1-5-13(17)18/h10-12,15,17-18H,1-9,14H2/t10-,12-/m0/s1. The van der Waals surface area contributed by atoms with Crippen LogP contribution in [-0.2, 0) is 0 Å². The molecule has 0 aromatic rings. The van der Waals surface area contributed by atoms with E-state index < -0.39 is 7.12 Å². The monoisotopic (exact) mass is 255 g/mol. The highest BCUT2D eigenvalue weighted by Gasteiger charge is 2.34. The zero-order valence-electron chi connectivity index (χ0n) is 11.1. The smallest absolute Gasteiger partial charge is 0.427 e. The average molecular weight is 255 g/mol. The third kappa shape index (κ3) is 3.93. The van der Waals surface area contributed by atoms with Crippen LogP contribution in [0.4, 0.5) is 0 Å². The largest absolute Gasteiger partial charge is 0.451 e. The van der Waals surface area contributed by atoms with Crippen molar-refractivity contribution >= 4 is 7.12 Å². The van der Waals surface area contributed by atoms with Crippen molar-refractivity contribution < 1.29 is 10.0 Å². The van der Waals surface area contributed by atoms with Crippen LogP contribution in [0.1, 0.15) is 25.7 Å². The fourth-order valence-corrected chi connectivity index (χ4v) is 3.27. The third-order valence-electron chi connectivity index (χ3n) is 4.38. The number of hydrogen-bond acceptors (Lipinski definition) is 5. The van der Waals surface area contributed by atoms with Gasteiger partial charge >= 0.3 is 7.12 Å². The van der Waals surface area contributed by atoms with Gasteiger partial charge in [-0.05, 0) is 44.6 Å². The Bertz CT molecular complexity index is 249. The lowest BCUT2D eigenvalue weighted by Gasteiger charge is -2.31. The van der Waals surface area contributed by atoms with Crippen LogP contribution in [0.15, 0.2) is 0 Å². The molecule has 2 atom stereocenters. The Kier molecular flexibility index (Phi) is 5.45. The summed E-state index contributed by atoms with van der Waals surface area (Å²) >= 11 is 0. The zero-order chi connectivity index (χ0) is 13.0. The number of nitrogens with zero attached hydrogens (tertiary/aromatic N) is 1. The predicted molar refractivity (Wildman–Crippen MR) is 73.2 cm³/mol. The molecule has 2 aliphatic rings. The Morgan fingerprint density at radius 2 is 1.94 bits per heavy atom. The minimum Gasteiger partial charge on any atom is -0.427 e. The summed E-state index contributed by atoms with van der Waals surface area (Å²) in [6, 6.07) is 0.960. The van der Waals surface area contributed by atoms with Crippen molar-refractivity contribution in [3.63, 3.8) is 0 Å². The molecule has 104 valence electrons. The molecule has 0 spiro atoms.